The summed E-state index contributed by atoms with van der Waals surface area (Å²) in [7, 11) is -2.25. The van der Waals surface area contributed by atoms with Gasteiger partial charge in [0.05, 0.1) is 19.8 Å². The van der Waals surface area contributed by atoms with Crippen molar-refractivity contribution in [2.45, 2.75) is 89.1 Å². The fourth-order valence-corrected chi connectivity index (χ4v) is 6.33. The summed E-state index contributed by atoms with van der Waals surface area (Å²) in [5.41, 5.74) is 0.470. The lowest BCUT2D eigenvalue weighted by Crippen LogP contribution is -2.58. The molecule has 210 valence electrons. The number of hydrogen-bond acceptors (Lipinski definition) is 7. The highest BCUT2D eigenvalue weighted by molar-refractivity contribution is 6.74. The lowest BCUT2D eigenvalue weighted by molar-refractivity contribution is -0.362. The summed E-state index contributed by atoms with van der Waals surface area (Å²) in [4.78, 5) is 13.6. The summed E-state index contributed by atoms with van der Waals surface area (Å²) >= 11 is 0. The topological polar surface area (TPSA) is 89.3 Å². The van der Waals surface area contributed by atoms with Crippen molar-refractivity contribution in [1.29, 1.82) is 0 Å². The molecule has 2 aromatic carbocycles. The van der Waals surface area contributed by atoms with Crippen LogP contribution in [0.2, 0.25) is 18.1 Å². The molecule has 0 radical (unpaired) electrons. The Morgan fingerprint density at radius 2 is 1.72 bits per heavy atom. The molecule has 2 fully saturated rings. The van der Waals surface area contributed by atoms with Gasteiger partial charge in [0.1, 0.15) is 17.8 Å². The third kappa shape index (κ3) is 5.01. The van der Waals surface area contributed by atoms with Gasteiger partial charge in [0.2, 0.25) is 5.69 Å². The van der Waals surface area contributed by atoms with Crippen LogP contribution < -0.4 is 0 Å². The number of fused-ring (bicyclic) bond motifs is 2. The summed E-state index contributed by atoms with van der Waals surface area (Å²) in [6.45, 7) is 15.2. The van der Waals surface area contributed by atoms with Crippen molar-refractivity contribution in [3.8, 4) is 0 Å². The minimum Gasteiger partial charge on any atom is -0.618 e. The molecular formula is C30H39NO7Si. The van der Waals surface area contributed by atoms with E-state index in [1.807, 2.05) is 44.2 Å². The number of ether oxygens (including phenoxy) is 4. The maximum Gasteiger partial charge on any atom is 0.274 e. The van der Waals surface area contributed by atoms with Crippen molar-refractivity contribution in [2.24, 2.45) is 0 Å². The van der Waals surface area contributed by atoms with Crippen LogP contribution in [0.25, 0.3) is 0 Å². The van der Waals surface area contributed by atoms with Crippen molar-refractivity contribution in [3.63, 3.8) is 0 Å². The summed E-state index contributed by atoms with van der Waals surface area (Å²) in [5, 5.41) is 13.5. The fraction of sp³-hybridized carbons (Fsp3) is 0.533. The number of Topliss-reactive ketones (excluding diaryl/α,β-unsaturated/α-hetero) is 1. The zero-order valence-corrected chi connectivity index (χ0v) is 24.9. The van der Waals surface area contributed by atoms with Crippen LogP contribution in [0.3, 0.4) is 0 Å². The number of carbonyl (C=O) groups is 1. The maximum absolute atomic E-state index is 13.6. The molecule has 3 heterocycles. The minimum atomic E-state index is -2.25. The number of nitrogens with zero attached hydrogens (tertiary/aromatic N) is 1. The second-order valence-corrected chi connectivity index (χ2v) is 17.4. The third-order valence-corrected chi connectivity index (χ3v) is 12.8. The standard InChI is InChI=1S/C30H39NO7Si/c1-28(2,3)39(6,7)35-19-30-26(37-29(4,5)38-30)23(18-34-17-20-13-9-8-10-14-20)36-27(30)24-25(32)21-15-11-12-16-22(21)31(24)33/h8-16,23,26-27H,17-19H2,1-7H3/t23-,26-,27+,30-/m1/s1. The molecule has 5 rings (SSSR count). The highest BCUT2D eigenvalue weighted by Gasteiger charge is 2.70. The van der Waals surface area contributed by atoms with Gasteiger partial charge in [0.25, 0.3) is 11.5 Å². The van der Waals surface area contributed by atoms with Crippen LogP contribution in [-0.2, 0) is 30.0 Å². The van der Waals surface area contributed by atoms with Crippen molar-refractivity contribution >= 4 is 25.5 Å². The highest BCUT2D eigenvalue weighted by Crippen LogP contribution is 2.50. The first-order valence-electron chi connectivity index (χ1n) is 13.5. The number of benzene rings is 2. The second kappa shape index (κ2) is 9.90. The average molecular weight is 554 g/mol. The summed E-state index contributed by atoms with van der Waals surface area (Å²) < 4.78 is 33.1. The molecule has 2 saturated heterocycles. The number of hydrogen-bond donors (Lipinski definition) is 0. The van der Waals surface area contributed by atoms with Crippen molar-refractivity contribution in [1.82, 2.24) is 0 Å². The fourth-order valence-electron chi connectivity index (χ4n) is 5.31. The Morgan fingerprint density at radius 1 is 1.05 bits per heavy atom. The zero-order valence-electron chi connectivity index (χ0n) is 23.9. The second-order valence-electron chi connectivity index (χ2n) is 12.6. The summed E-state index contributed by atoms with van der Waals surface area (Å²) in [6.07, 6.45) is -2.20. The molecule has 0 N–H and O–H groups in total. The monoisotopic (exact) mass is 553 g/mol. The molecule has 2 aromatic rings. The van der Waals surface area contributed by atoms with Crippen LogP contribution >= 0.6 is 0 Å². The van der Waals surface area contributed by atoms with Crippen molar-refractivity contribution in [2.75, 3.05) is 13.2 Å². The number of rotatable bonds is 8. The number of ketones is 1. The average Bonchev–Trinajstić information content (AvgIpc) is 3.41. The van der Waals surface area contributed by atoms with Gasteiger partial charge >= 0.3 is 0 Å². The van der Waals surface area contributed by atoms with E-state index >= 15 is 0 Å². The zero-order chi connectivity index (χ0) is 28.2. The first kappa shape index (κ1) is 28.1. The molecule has 0 spiro atoms. The van der Waals surface area contributed by atoms with Crippen LogP contribution in [0, 0.1) is 5.21 Å². The first-order valence-corrected chi connectivity index (χ1v) is 16.4. The molecule has 9 heteroatoms. The third-order valence-electron chi connectivity index (χ3n) is 8.35. The van der Waals surface area contributed by atoms with Gasteiger partial charge in [-0.3, -0.25) is 4.79 Å². The van der Waals surface area contributed by atoms with Crippen LogP contribution in [0.4, 0.5) is 5.69 Å². The van der Waals surface area contributed by atoms with Gasteiger partial charge in [0, 0.05) is 6.07 Å². The normalized spacial score (nSPS) is 28.2. The predicted octanol–water partition coefficient (Wildman–Crippen LogP) is 5.36. The molecule has 4 atom stereocenters. The van der Waals surface area contributed by atoms with Gasteiger partial charge in [-0.25, -0.2) is 0 Å². The molecule has 39 heavy (non-hydrogen) atoms. The van der Waals surface area contributed by atoms with E-state index in [-0.39, 0.29) is 29.7 Å². The van der Waals surface area contributed by atoms with E-state index in [0.717, 1.165) is 5.56 Å². The molecule has 0 aliphatic carbocycles. The van der Waals surface area contributed by atoms with Crippen molar-refractivity contribution in [3.05, 3.63) is 70.9 Å². The maximum atomic E-state index is 13.6. The van der Waals surface area contributed by atoms with Crippen LogP contribution in [0.5, 0.6) is 0 Å². The van der Waals surface area contributed by atoms with E-state index in [0.29, 0.717) is 22.6 Å². The molecule has 0 aromatic heterocycles. The molecule has 0 amide bonds. The lowest BCUT2D eigenvalue weighted by atomic mass is 9.87. The Balaban J connectivity index is 1.51. The van der Waals surface area contributed by atoms with E-state index in [4.69, 9.17) is 23.4 Å². The molecule has 0 saturated carbocycles. The molecule has 8 nitrogen and oxygen atoms in total. The van der Waals surface area contributed by atoms with E-state index in [1.165, 1.54) is 0 Å². The van der Waals surface area contributed by atoms with E-state index in [2.05, 4.69) is 33.9 Å². The largest absolute Gasteiger partial charge is 0.618 e. The Labute approximate surface area is 231 Å². The van der Waals surface area contributed by atoms with E-state index in [1.54, 1.807) is 24.3 Å². The Morgan fingerprint density at radius 3 is 2.38 bits per heavy atom. The molecule has 3 aliphatic rings. The van der Waals surface area contributed by atoms with E-state index < -0.39 is 38.0 Å². The summed E-state index contributed by atoms with van der Waals surface area (Å²) in [5.74, 6) is -1.35. The van der Waals surface area contributed by atoms with Crippen LogP contribution in [-0.4, -0.2) is 67.5 Å². The molecule has 0 unspecified atom stereocenters. The van der Waals surface area contributed by atoms with Gasteiger partial charge in [-0.2, -0.15) is 4.74 Å². The number of carbonyl (C=O) groups excluding carboxylic acids is 1. The predicted molar refractivity (Wildman–Crippen MR) is 150 cm³/mol. The Kier molecular flexibility index (Phi) is 7.14. The van der Waals surface area contributed by atoms with Gasteiger partial charge in [-0.1, -0.05) is 63.2 Å². The summed E-state index contributed by atoms with van der Waals surface area (Å²) in [6, 6.07) is 16.7. The number of para-hydroxylation sites is 1. The van der Waals surface area contributed by atoms with E-state index in [9.17, 15) is 10.0 Å². The van der Waals surface area contributed by atoms with Crippen molar-refractivity contribution < 1.29 is 32.9 Å². The Bertz CT molecular complexity index is 1270. The highest BCUT2D eigenvalue weighted by atomic mass is 28.4. The molecule has 3 aliphatic heterocycles. The SMILES string of the molecule is CC1(C)O[C@@H]2[C@@H](COCc3ccccc3)O[C@@H](C3=[N+]([O-])c4ccccc4C3=O)[C@]2(CO[Si](C)(C)C(C)(C)C)O1. The molecule has 0 bridgehead atoms. The first-order chi connectivity index (χ1) is 18.3. The minimum absolute atomic E-state index is 0.00751. The van der Waals surface area contributed by atoms with Gasteiger partial charge in [-0.05, 0) is 43.6 Å². The van der Waals surface area contributed by atoms with Gasteiger partial charge in [0.15, 0.2) is 25.8 Å². The van der Waals surface area contributed by atoms with Crippen LogP contribution in [0.15, 0.2) is 54.6 Å². The smallest absolute Gasteiger partial charge is 0.274 e. The Hall–Kier alpha value is -2.40. The van der Waals surface area contributed by atoms with Gasteiger partial charge < -0.3 is 28.6 Å². The quantitative estimate of drug-likeness (QED) is 0.247. The van der Waals surface area contributed by atoms with Gasteiger partial charge in [-0.15, -0.1) is 0 Å². The lowest BCUT2D eigenvalue weighted by Gasteiger charge is -2.40. The molecular weight excluding hydrogens is 514 g/mol. The van der Waals surface area contributed by atoms with Crippen LogP contribution in [0.1, 0.15) is 50.5 Å².